The lowest BCUT2D eigenvalue weighted by atomic mass is 10.0. The minimum Gasteiger partial charge on any atom is -0.489 e. The third kappa shape index (κ3) is 4.35. The van der Waals surface area contributed by atoms with E-state index in [0.29, 0.717) is 18.5 Å². The number of H-pyrrole nitrogens is 1. The van der Waals surface area contributed by atoms with Gasteiger partial charge in [-0.15, -0.1) is 0 Å². The van der Waals surface area contributed by atoms with Crippen molar-refractivity contribution in [3.63, 3.8) is 0 Å². The average molecular weight is 437 g/mol. The minimum absolute atomic E-state index is 0.0763. The lowest BCUT2D eigenvalue weighted by Crippen LogP contribution is -2.41. The number of aromatic nitrogens is 2. The summed E-state index contributed by atoms with van der Waals surface area (Å²) in [6.07, 6.45) is 3.46. The average Bonchev–Trinajstić information content (AvgIpc) is 3.13. The number of ether oxygens (including phenoxy) is 1. The highest BCUT2D eigenvalue weighted by Crippen LogP contribution is 2.31. The summed E-state index contributed by atoms with van der Waals surface area (Å²) in [4.78, 5) is 25.5. The maximum atomic E-state index is 13.6. The lowest BCUT2D eigenvalue weighted by molar-refractivity contribution is -0.135. The van der Waals surface area contributed by atoms with Crippen molar-refractivity contribution in [1.82, 2.24) is 19.8 Å². The van der Waals surface area contributed by atoms with Gasteiger partial charge in [0.05, 0.1) is 17.1 Å². The highest BCUT2D eigenvalue weighted by atomic mass is 19.1. The Balaban J connectivity index is 1.28. The van der Waals surface area contributed by atoms with Gasteiger partial charge in [0.25, 0.3) is 0 Å². The van der Waals surface area contributed by atoms with Gasteiger partial charge in [-0.05, 0) is 50.5 Å². The molecule has 32 heavy (non-hydrogen) atoms. The molecule has 2 atom stereocenters. The van der Waals surface area contributed by atoms with Crippen LogP contribution in [0.15, 0.2) is 42.5 Å². The van der Waals surface area contributed by atoms with Crippen molar-refractivity contribution in [3.8, 4) is 5.75 Å². The van der Waals surface area contributed by atoms with Crippen molar-refractivity contribution < 1.29 is 13.9 Å². The van der Waals surface area contributed by atoms with Gasteiger partial charge in [-0.1, -0.05) is 18.2 Å². The second kappa shape index (κ2) is 8.90. The summed E-state index contributed by atoms with van der Waals surface area (Å²) in [5.74, 6) is 1.55. The molecule has 1 amide bonds. The number of halogens is 1. The van der Waals surface area contributed by atoms with E-state index in [2.05, 4.69) is 27.9 Å². The number of carbonyl (C=O) groups is 1. The van der Waals surface area contributed by atoms with Crippen LogP contribution in [0.1, 0.15) is 50.0 Å². The zero-order valence-corrected chi connectivity index (χ0v) is 18.4. The Kier molecular flexibility index (Phi) is 5.83. The first-order chi connectivity index (χ1) is 15.6. The highest BCUT2D eigenvalue weighted by Gasteiger charge is 2.30. The van der Waals surface area contributed by atoms with Gasteiger partial charge in [-0.2, -0.15) is 0 Å². The van der Waals surface area contributed by atoms with E-state index in [1.54, 1.807) is 6.07 Å². The van der Waals surface area contributed by atoms with Crippen molar-refractivity contribution in [1.29, 1.82) is 0 Å². The molecule has 0 aliphatic carbocycles. The summed E-state index contributed by atoms with van der Waals surface area (Å²) >= 11 is 0. The highest BCUT2D eigenvalue weighted by molar-refractivity contribution is 5.78. The predicted molar refractivity (Wildman–Crippen MR) is 121 cm³/mol. The summed E-state index contributed by atoms with van der Waals surface area (Å²) < 4.78 is 19.6. The number of nitrogens with zero attached hydrogens (tertiary/aromatic N) is 3. The van der Waals surface area contributed by atoms with Crippen LogP contribution in [-0.2, 0) is 11.3 Å². The van der Waals surface area contributed by atoms with E-state index < -0.39 is 0 Å². The largest absolute Gasteiger partial charge is 0.489 e. The molecule has 2 aliphatic heterocycles. The number of benzene rings is 2. The molecule has 0 spiro atoms. The fourth-order valence-electron chi connectivity index (χ4n) is 4.91. The van der Waals surface area contributed by atoms with Gasteiger partial charge < -0.3 is 14.6 Å². The van der Waals surface area contributed by atoms with E-state index in [1.165, 1.54) is 12.1 Å². The van der Waals surface area contributed by atoms with E-state index >= 15 is 0 Å². The molecule has 0 unspecified atom stereocenters. The molecule has 1 aromatic heterocycles. The third-order valence-corrected chi connectivity index (χ3v) is 6.45. The molecule has 7 heteroatoms. The van der Waals surface area contributed by atoms with Crippen LogP contribution in [0.2, 0.25) is 0 Å². The molecular formula is C25H29FN4O2. The molecule has 0 bridgehead atoms. The number of likely N-dealkylation sites (tertiary alicyclic amines) is 1. The fraction of sp³-hybridized carbons (Fsp3) is 0.440. The monoisotopic (exact) mass is 436 g/mol. The normalized spacial score (nSPS) is 21.8. The van der Waals surface area contributed by atoms with Gasteiger partial charge in [0.1, 0.15) is 23.5 Å². The topological polar surface area (TPSA) is 61.5 Å². The predicted octanol–water partition coefficient (Wildman–Crippen LogP) is 4.43. The number of para-hydroxylation sites is 1. The SMILES string of the molecule is C[C@@H]1CN(CCC(=O)N2CCCC[C@H]2c2nc3ccc(F)cc3[nH]2)Cc2ccccc2O1. The minimum atomic E-state index is -0.290. The van der Waals surface area contributed by atoms with Crippen LogP contribution in [0.5, 0.6) is 5.75 Å². The summed E-state index contributed by atoms with van der Waals surface area (Å²) in [7, 11) is 0. The Hall–Kier alpha value is -2.93. The van der Waals surface area contributed by atoms with Crippen molar-refractivity contribution >= 4 is 16.9 Å². The zero-order chi connectivity index (χ0) is 22.1. The zero-order valence-electron chi connectivity index (χ0n) is 18.4. The van der Waals surface area contributed by atoms with E-state index in [-0.39, 0.29) is 23.9 Å². The number of hydrogen-bond acceptors (Lipinski definition) is 4. The van der Waals surface area contributed by atoms with Crippen LogP contribution in [0.25, 0.3) is 11.0 Å². The first-order valence-corrected chi connectivity index (χ1v) is 11.5. The maximum absolute atomic E-state index is 13.6. The Morgan fingerprint density at radius 2 is 2.12 bits per heavy atom. The van der Waals surface area contributed by atoms with Crippen molar-refractivity contribution in [2.24, 2.45) is 0 Å². The molecule has 168 valence electrons. The lowest BCUT2D eigenvalue weighted by Gasteiger charge is -2.35. The summed E-state index contributed by atoms with van der Waals surface area (Å²) in [5, 5.41) is 0. The van der Waals surface area contributed by atoms with Crippen LogP contribution in [0, 0.1) is 5.82 Å². The quantitative estimate of drug-likeness (QED) is 0.657. The summed E-state index contributed by atoms with van der Waals surface area (Å²) in [5.41, 5.74) is 2.57. The number of hydrogen-bond donors (Lipinski definition) is 1. The number of aromatic amines is 1. The van der Waals surface area contributed by atoms with Gasteiger partial charge in [0.2, 0.25) is 5.91 Å². The molecule has 0 saturated carbocycles. The smallest absolute Gasteiger partial charge is 0.224 e. The van der Waals surface area contributed by atoms with E-state index in [1.807, 2.05) is 23.1 Å². The van der Waals surface area contributed by atoms with E-state index in [9.17, 15) is 9.18 Å². The van der Waals surface area contributed by atoms with Gasteiger partial charge in [0.15, 0.2) is 0 Å². The van der Waals surface area contributed by atoms with Gasteiger partial charge in [-0.25, -0.2) is 9.37 Å². The summed E-state index contributed by atoms with van der Waals surface area (Å²) in [6, 6.07) is 12.6. The van der Waals surface area contributed by atoms with Crippen LogP contribution >= 0.6 is 0 Å². The molecule has 0 radical (unpaired) electrons. The fourth-order valence-corrected chi connectivity index (χ4v) is 4.91. The van der Waals surface area contributed by atoms with Crippen molar-refractivity contribution in [2.45, 2.75) is 51.3 Å². The van der Waals surface area contributed by atoms with E-state index in [4.69, 9.17) is 4.74 Å². The Bertz CT molecular complexity index is 1110. The number of amides is 1. The number of rotatable bonds is 4. The van der Waals surface area contributed by atoms with Crippen molar-refractivity contribution in [2.75, 3.05) is 19.6 Å². The number of carbonyl (C=O) groups excluding carboxylic acids is 1. The molecule has 1 fully saturated rings. The first kappa shape index (κ1) is 20.9. The molecule has 3 heterocycles. The first-order valence-electron chi connectivity index (χ1n) is 11.5. The molecule has 6 nitrogen and oxygen atoms in total. The molecule has 1 N–H and O–H groups in total. The van der Waals surface area contributed by atoms with Crippen LogP contribution in [-0.4, -0.2) is 51.4 Å². The standard InChI is InChI=1S/C25H29FN4O2/c1-17-15-29(16-18-6-2-3-8-23(18)32-17)13-11-24(31)30-12-5-4-7-22(30)25-27-20-10-9-19(26)14-21(20)28-25/h2-3,6,8-10,14,17,22H,4-5,7,11-13,15-16H2,1H3,(H,27,28)/t17-,22+/m1/s1. The third-order valence-electron chi connectivity index (χ3n) is 6.45. The molecule has 5 rings (SSSR count). The molecule has 2 aliphatic rings. The summed E-state index contributed by atoms with van der Waals surface area (Å²) in [6.45, 7) is 5.07. The van der Waals surface area contributed by atoms with Gasteiger partial charge in [0, 0.05) is 38.2 Å². The van der Waals surface area contributed by atoms with Crippen molar-refractivity contribution in [3.05, 3.63) is 59.7 Å². The number of piperidine rings is 1. The Labute approximate surface area is 187 Å². The maximum Gasteiger partial charge on any atom is 0.224 e. The molecule has 1 saturated heterocycles. The second-order valence-corrected chi connectivity index (χ2v) is 8.90. The number of nitrogens with one attached hydrogen (secondary N) is 1. The second-order valence-electron chi connectivity index (χ2n) is 8.90. The van der Waals surface area contributed by atoms with E-state index in [0.717, 1.165) is 61.6 Å². The van der Waals surface area contributed by atoms with Crippen LogP contribution in [0.4, 0.5) is 4.39 Å². The molecule has 2 aromatic carbocycles. The number of imidazole rings is 1. The van der Waals surface area contributed by atoms with Gasteiger partial charge >= 0.3 is 0 Å². The van der Waals surface area contributed by atoms with Crippen LogP contribution in [0.3, 0.4) is 0 Å². The van der Waals surface area contributed by atoms with Gasteiger partial charge in [-0.3, -0.25) is 9.69 Å². The van der Waals surface area contributed by atoms with Crippen LogP contribution < -0.4 is 4.74 Å². The number of fused-ring (bicyclic) bond motifs is 2. The molecule has 3 aromatic rings. The Morgan fingerprint density at radius 3 is 3.03 bits per heavy atom. The molecular weight excluding hydrogens is 407 g/mol. The Morgan fingerprint density at radius 1 is 1.25 bits per heavy atom.